The van der Waals surface area contributed by atoms with Crippen LogP contribution in [0.5, 0.6) is 0 Å². The first kappa shape index (κ1) is 18.7. The molecule has 1 aliphatic heterocycles. The fourth-order valence-corrected chi connectivity index (χ4v) is 2.79. The lowest BCUT2D eigenvalue weighted by atomic mass is 10.0. The van der Waals surface area contributed by atoms with Crippen LogP contribution in [0.2, 0.25) is 5.02 Å². The van der Waals surface area contributed by atoms with Crippen molar-refractivity contribution < 1.29 is 23.9 Å². The van der Waals surface area contributed by atoms with Crippen molar-refractivity contribution in [3.8, 4) is 0 Å². The number of carbonyl (C=O) groups excluding carboxylic acids is 4. The van der Waals surface area contributed by atoms with Gasteiger partial charge in [0, 0.05) is 18.0 Å². The SMILES string of the molecule is NC(=O)N[C@H](CC(=O)OCC(=O)N1CCCC1=O)c1ccccc1Cl. The minimum absolute atomic E-state index is 0.256. The molecule has 1 atom stereocenters. The molecule has 0 spiro atoms. The van der Waals surface area contributed by atoms with Crippen LogP contribution in [0.15, 0.2) is 24.3 Å². The number of amides is 4. The van der Waals surface area contributed by atoms with E-state index in [4.69, 9.17) is 22.1 Å². The van der Waals surface area contributed by atoms with Gasteiger partial charge >= 0.3 is 12.0 Å². The van der Waals surface area contributed by atoms with Gasteiger partial charge in [-0.3, -0.25) is 19.3 Å². The van der Waals surface area contributed by atoms with Gasteiger partial charge in [0.1, 0.15) is 0 Å². The van der Waals surface area contributed by atoms with Crippen molar-refractivity contribution in [3.63, 3.8) is 0 Å². The number of hydrogen-bond acceptors (Lipinski definition) is 5. The van der Waals surface area contributed by atoms with E-state index in [1.165, 1.54) is 0 Å². The lowest BCUT2D eigenvalue weighted by Crippen LogP contribution is -2.37. The molecule has 1 aromatic rings. The van der Waals surface area contributed by atoms with Gasteiger partial charge in [-0.05, 0) is 18.1 Å². The topological polar surface area (TPSA) is 119 Å². The Morgan fingerprint density at radius 1 is 1.32 bits per heavy atom. The first-order valence-electron chi connectivity index (χ1n) is 7.67. The summed E-state index contributed by atoms with van der Waals surface area (Å²) in [6.07, 6.45) is 0.667. The molecule has 1 saturated heterocycles. The number of nitrogens with two attached hydrogens (primary N) is 1. The van der Waals surface area contributed by atoms with Crippen LogP contribution in [0.1, 0.15) is 30.9 Å². The standard InChI is InChI=1S/C16H18ClN3O5/c17-11-5-2-1-4-10(11)12(19-16(18)24)8-15(23)25-9-14(22)20-7-3-6-13(20)21/h1-2,4-5,12H,3,6-9H2,(H3,18,19,24)/t12-/m1/s1. The maximum absolute atomic E-state index is 12.0. The molecule has 0 radical (unpaired) electrons. The molecule has 3 N–H and O–H groups in total. The van der Waals surface area contributed by atoms with Crippen molar-refractivity contribution in [2.24, 2.45) is 5.73 Å². The Labute approximate surface area is 149 Å². The highest BCUT2D eigenvalue weighted by Gasteiger charge is 2.27. The second-order valence-electron chi connectivity index (χ2n) is 5.49. The summed E-state index contributed by atoms with van der Waals surface area (Å²) < 4.78 is 4.92. The van der Waals surface area contributed by atoms with E-state index in [0.717, 1.165) is 4.90 Å². The number of likely N-dealkylation sites (tertiary alicyclic amines) is 1. The minimum atomic E-state index is -0.823. The van der Waals surface area contributed by atoms with E-state index >= 15 is 0 Å². The Morgan fingerprint density at radius 3 is 2.64 bits per heavy atom. The normalized spacial score (nSPS) is 14.9. The highest BCUT2D eigenvalue weighted by atomic mass is 35.5. The van der Waals surface area contributed by atoms with Crippen molar-refractivity contribution in [1.82, 2.24) is 10.2 Å². The Balaban J connectivity index is 1.95. The van der Waals surface area contributed by atoms with Gasteiger partial charge in [0.25, 0.3) is 5.91 Å². The fourth-order valence-electron chi connectivity index (χ4n) is 2.53. The van der Waals surface area contributed by atoms with E-state index in [2.05, 4.69) is 5.32 Å². The molecule has 9 heteroatoms. The van der Waals surface area contributed by atoms with Crippen LogP contribution in [0.3, 0.4) is 0 Å². The molecule has 8 nitrogen and oxygen atoms in total. The van der Waals surface area contributed by atoms with Gasteiger partial charge in [-0.25, -0.2) is 4.79 Å². The number of halogens is 1. The molecule has 0 unspecified atom stereocenters. The van der Waals surface area contributed by atoms with Crippen LogP contribution in [0.25, 0.3) is 0 Å². The van der Waals surface area contributed by atoms with Crippen LogP contribution in [-0.2, 0) is 19.1 Å². The van der Waals surface area contributed by atoms with E-state index in [1.54, 1.807) is 24.3 Å². The van der Waals surface area contributed by atoms with E-state index < -0.39 is 30.6 Å². The summed E-state index contributed by atoms with van der Waals surface area (Å²) in [7, 11) is 0. The third kappa shape index (κ3) is 5.18. The van der Waals surface area contributed by atoms with Crippen LogP contribution < -0.4 is 11.1 Å². The molecule has 0 aliphatic carbocycles. The van der Waals surface area contributed by atoms with Crippen LogP contribution in [0.4, 0.5) is 4.79 Å². The molecular weight excluding hydrogens is 350 g/mol. The van der Waals surface area contributed by atoms with E-state index in [-0.39, 0.29) is 12.3 Å². The summed E-state index contributed by atoms with van der Waals surface area (Å²) in [5.74, 6) is -1.56. The zero-order chi connectivity index (χ0) is 18.4. The van der Waals surface area contributed by atoms with Gasteiger partial charge in [-0.2, -0.15) is 0 Å². The molecule has 4 amide bonds. The second-order valence-corrected chi connectivity index (χ2v) is 5.90. The van der Waals surface area contributed by atoms with Crippen molar-refractivity contribution in [2.75, 3.05) is 13.2 Å². The molecule has 0 bridgehead atoms. The van der Waals surface area contributed by atoms with Gasteiger partial charge in [0.2, 0.25) is 5.91 Å². The third-order valence-corrected chi connectivity index (χ3v) is 4.04. The van der Waals surface area contributed by atoms with Crippen LogP contribution in [0, 0.1) is 0 Å². The first-order chi connectivity index (χ1) is 11.9. The summed E-state index contributed by atoms with van der Waals surface area (Å²) in [6, 6.07) is 5.05. The number of esters is 1. The number of carbonyl (C=O) groups is 4. The van der Waals surface area contributed by atoms with Gasteiger partial charge in [0.15, 0.2) is 6.61 Å². The number of nitrogens with zero attached hydrogens (tertiary/aromatic N) is 1. The first-order valence-corrected chi connectivity index (χ1v) is 8.05. The maximum Gasteiger partial charge on any atom is 0.312 e. The Morgan fingerprint density at radius 2 is 2.04 bits per heavy atom. The number of nitrogens with one attached hydrogen (secondary N) is 1. The molecule has 1 fully saturated rings. The van der Waals surface area contributed by atoms with Gasteiger partial charge < -0.3 is 15.8 Å². The van der Waals surface area contributed by atoms with Crippen molar-refractivity contribution >= 4 is 35.4 Å². The number of benzene rings is 1. The lowest BCUT2D eigenvalue weighted by Gasteiger charge is -2.19. The van der Waals surface area contributed by atoms with E-state index in [9.17, 15) is 19.2 Å². The predicted octanol–water partition coefficient (Wildman–Crippen LogP) is 1.13. The zero-order valence-electron chi connectivity index (χ0n) is 13.4. The molecule has 1 aliphatic rings. The second kappa shape index (κ2) is 8.48. The quantitative estimate of drug-likeness (QED) is 0.730. The summed E-state index contributed by atoms with van der Waals surface area (Å²) in [4.78, 5) is 47.6. The van der Waals surface area contributed by atoms with Gasteiger partial charge in [-0.15, -0.1) is 0 Å². The van der Waals surface area contributed by atoms with E-state index in [0.29, 0.717) is 30.0 Å². The van der Waals surface area contributed by atoms with Crippen LogP contribution >= 0.6 is 11.6 Å². The number of hydrogen-bond donors (Lipinski definition) is 2. The minimum Gasteiger partial charge on any atom is -0.455 e. The maximum atomic E-state index is 12.0. The number of rotatable bonds is 6. The molecule has 1 heterocycles. The highest BCUT2D eigenvalue weighted by molar-refractivity contribution is 6.31. The molecule has 0 saturated carbocycles. The fraction of sp³-hybridized carbons (Fsp3) is 0.375. The molecule has 25 heavy (non-hydrogen) atoms. The smallest absolute Gasteiger partial charge is 0.312 e. The zero-order valence-corrected chi connectivity index (χ0v) is 14.1. The lowest BCUT2D eigenvalue weighted by molar-refractivity contribution is -0.155. The van der Waals surface area contributed by atoms with Crippen molar-refractivity contribution in [1.29, 1.82) is 0 Å². The average Bonchev–Trinajstić information content (AvgIpc) is 2.98. The Bertz CT molecular complexity index is 694. The predicted molar refractivity (Wildman–Crippen MR) is 88.4 cm³/mol. The third-order valence-electron chi connectivity index (χ3n) is 3.70. The van der Waals surface area contributed by atoms with Crippen molar-refractivity contribution in [3.05, 3.63) is 34.9 Å². The van der Waals surface area contributed by atoms with Gasteiger partial charge in [-0.1, -0.05) is 29.8 Å². The average molecular weight is 368 g/mol. The Kier molecular flexibility index (Phi) is 6.35. The molecule has 134 valence electrons. The largest absolute Gasteiger partial charge is 0.455 e. The van der Waals surface area contributed by atoms with E-state index in [1.807, 2.05) is 0 Å². The van der Waals surface area contributed by atoms with Crippen molar-refractivity contribution in [2.45, 2.75) is 25.3 Å². The molecular formula is C16H18ClN3O5. The molecule has 1 aromatic carbocycles. The number of ether oxygens (including phenoxy) is 1. The highest BCUT2D eigenvalue weighted by Crippen LogP contribution is 2.25. The van der Waals surface area contributed by atoms with Crippen LogP contribution in [-0.4, -0.2) is 41.9 Å². The number of urea groups is 1. The summed E-state index contributed by atoms with van der Waals surface area (Å²) in [6.45, 7) is -0.197. The van der Waals surface area contributed by atoms with Gasteiger partial charge in [0.05, 0.1) is 12.5 Å². The monoisotopic (exact) mass is 367 g/mol. The Hall–Kier alpha value is -2.61. The molecule has 2 rings (SSSR count). The summed E-state index contributed by atoms with van der Waals surface area (Å²) in [5, 5.41) is 2.78. The number of imide groups is 1. The summed E-state index contributed by atoms with van der Waals surface area (Å²) in [5.41, 5.74) is 5.63. The summed E-state index contributed by atoms with van der Waals surface area (Å²) >= 11 is 6.07. The number of primary amides is 1. The molecule has 0 aromatic heterocycles.